The summed E-state index contributed by atoms with van der Waals surface area (Å²) in [5.74, 6) is -2.11. The van der Waals surface area contributed by atoms with Gasteiger partial charge in [0.15, 0.2) is 0 Å². The standard InChI is InChI=1S/C11H8N4O5/c12-10(16)6-4-13-14(5-6)7-1-2-9(15(19)20)8(3-7)11(17)18/h1-5H,(H2,12,16)(H,17,18). The highest BCUT2D eigenvalue weighted by Gasteiger charge is 2.20. The number of aromatic nitrogens is 2. The Morgan fingerprint density at radius 3 is 2.60 bits per heavy atom. The molecule has 0 saturated heterocycles. The molecule has 1 aromatic carbocycles. The number of aromatic carboxylic acids is 1. The maximum atomic E-state index is 11.0. The van der Waals surface area contributed by atoms with Crippen LogP contribution in [-0.4, -0.2) is 31.7 Å². The molecular formula is C11H8N4O5. The summed E-state index contributed by atoms with van der Waals surface area (Å²) in [4.78, 5) is 31.9. The number of carboxylic acid groups (broad SMARTS) is 1. The quantitative estimate of drug-likeness (QED) is 0.617. The van der Waals surface area contributed by atoms with Crippen LogP contribution in [0.1, 0.15) is 20.7 Å². The maximum Gasteiger partial charge on any atom is 0.342 e. The minimum Gasteiger partial charge on any atom is -0.477 e. The van der Waals surface area contributed by atoms with Gasteiger partial charge >= 0.3 is 5.97 Å². The predicted octanol–water partition coefficient (Wildman–Crippen LogP) is 0.578. The number of nitrogens with zero attached hydrogens (tertiary/aromatic N) is 3. The molecule has 3 N–H and O–H groups in total. The van der Waals surface area contributed by atoms with E-state index in [1.54, 1.807) is 0 Å². The van der Waals surface area contributed by atoms with Gasteiger partial charge in [-0.1, -0.05) is 0 Å². The molecule has 0 aliphatic heterocycles. The zero-order valence-corrected chi connectivity index (χ0v) is 9.89. The van der Waals surface area contributed by atoms with Gasteiger partial charge in [0.25, 0.3) is 11.6 Å². The molecule has 0 aliphatic carbocycles. The van der Waals surface area contributed by atoms with Crippen LogP contribution in [0.4, 0.5) is 5.69 Å². The van der Waals surface area contributed by atoms with Crippen LogP contribution < -0.4 is 5.73 Å². The Balaban J connectivity index is 2.52. The number of hydrogen-bond donors (Lipinski definition) is 2. The van der Waals surface area contributed by atoms with Crippen LogP contribution in [0.15, 0.2) is 30.6 Å². The molecule has 1 aromatic heterocycles. The van der Waals surface area contributed by atoms with Gasteiger partial charge in [0, 0.05) is 12.3 Å². The van der Waals surface area contributed by atoms with E-state index in [0.29, 0.717) is 0 Å². The third-order valence-electron chi connectivity index (χ3n) is 2.54. The number of amides is 1. The van der Waals surface area contributed by atoms with Crippen LogP contribution in [0, 0.1) is 10.1 Å². The van der Waals surface area contributed by atoms with E-state index in [0.717, 1.165) is 12.1 Å². The number of carbonyl (C=O) groups excluding carboxylic acids is 1. The Morgan fingerprint density at radius 2 is 2.10 bits per heavy atom. The first-order valence-corrected chi connectivity index (χ1v) is 5.26. The lowest BCUT2D eigenvalue weighted by molar-refractivity contribution is -0.385. The largest absolute Gasteiger partial charge is 0.477 e. The number of hydrogen-bond acceptors (Lipinski definition) is 5. The third-order valence-corrected chi connectivity index (χ3v) is 2.54. The van der Waals surface area contributed by atoms with Crippen molar-refractivity contribution in [2.45, 2.75) is 0 Å². The summed E-state index contributed by atoms with van der Waals surface area (Å²) in [6.45, 7) is 0. The minimum absolute atomic E-state index is 0.139. The van der Waals surface area contributed by atoms with Crippen molar-refractivity contribution in [2.24, 2.45) is 5.73 Å². The summed E-state index contributed by atoms with van der Waals surface area (Å²) in [5.41, 5.74) is 4.48. The van der Waals surface area contributed by atoms with Crippen LogP contribution in [0.5, 0.6) is 0 Å². The number of carboxylic acids is 1. The van der Waals surface area contributed by atoms with Crippen molar-refractivity contribution < 1.29 is 19.6 Å². The van der Waals surface area contributed by atoms with E-state index in [4.69, 9.17) is 10.8 Å². The van der Waals surface area contributed by atoms with Gasteiger partial charge in [0.05, 0.1) is 22.4 Å². The number of primary amides is 1. The molecule has 2 aromatic rings. The Kier molecular flexibility index (Phi) is 3.17. The van der Waals surface area contributed by atoms with Crippen LogP contribution in [-0.2, 0) is 0 Å². The van der Waals surface area contributed by atoms with Gasteiger partial charge in [0.2, 0.25) is 0 Å². The van der Waals surface area contributed by atoms with Gasteiger partial charge < -0.3 is 10.8 Å². The average Bonchev–Trinajstić information content (AvgIpc) is 2.87. The van der Waals surface area contributed by atoms with Crippen molar-refractivity contribution in [1.82, 2.24) is 9.78 Å². The van der Waals surface area contributed by atoms with E-state index in [9.17, 15) is 19.7 Å². The highest BCUT2D eigenvalue weighted by molar-refractivity contribution is 5.93. The molecule has 0 fully saturated rings. The molecule has 102 valence electrons. The summed E-state index contributed by atoms with van der Waals surface area (Å²) in [5, 5.41) is 23.5. The molecule has 9 nitrogen and oxygen atoms in total. The Hall–Kier alpha value is -3.23. The van der Waals surface area contributed by atoms with E-state index in [1.165, 1.54) is 23.1 Å². The van der Waals surface area contributed by atoms with Gasteiger partial charge in [-0.15, -0.1) is 0 Å². The fourth-order valence-corrected chi connectivity index (χ4v) is 1.59. The minimum atomic E-state index is -1.43. The first-order valence-electron chi connectivity index (χ1n) is 5.26. The Morgan fingerprint density at radius 1 is 1.40 bits per heavy atom. The first-order chi connectivity index (χ1) is 9.40. The lowest BCUT2D eigenvalue weighted by atomic mass is 10.1. The zero-order chi connectivity index (χ0) is 14.9. The van der Waals surface area contributed by atoms with Gasteiger partial charge in [-0.25, -0.2) is 9.48 Å². The topological polar surface area (TPSA) is 141 Å². The number of rotatable bonds is 4. The fraction of sp³-hybridized carbons (Fsp3) is 0. The molecule has 9 heteroatoms. The number of benzene rings is 1. The van der Waals surface area contributed by atoms with E-state index in [-0.39, 0.29) is 11.3 Å². The predicted molar refractivity (Wildman–Crippen MR) is 65.7 cm³/mol. The summed E-state index contributed by atoms with van der Waals surface area (Å²) in [6, 6.07) is 3.48. The summed E-state index contributed by atoms with van der Waals surface area (Å²) < 4.78 is 1.20. The number of nitro benzene ring substituents is 1. The van der Waals surface area contributed by atoms with Crippen LogP contribution in [0.2, 0.25) is 0 Å². The van der Waals surface area contributed by atoms with Crippen LogP contribution in [0.3, 0.4) is 0 Å². The molecule has 0 unspecified atom stereocenters. The lowest BCUT2D eigenvalue weighted by Crippen LogP contribution is -2.09. The third kappa shape index (κ3) is 2.32. The Labute approximate surface area is 111 Å². The van der Waals surface area contributed by atoms with E-state index in [1.807, 2.05) is 0 Å². The second kappa shape index (κ2) is 4.80. The van der Waals surface area contributed by atoms with Crippen molar-refractivity contribution in [3.63, 3.8) is 0 Å². The molecule has 0 aliphatic rings. The highest BCUT2D eigenvalue weighted by Crippen LogP contribution is 2.22. The van der Waals surface area contributed by atoms with Crippen molar-refractivity contribution >= 4 is 17.6 Å². The molecule has 0 radical (unpaired) electrons. The van der Waals surface area contributed by atoms with Gasteiger partial charge in [-0.2, -0.15) is 5.10 Å². The fourth-order valence-electron chi connectivity index (χ4n) is 1.59. The highest BCUT2D eigenvalue weighted by atomic mass is 16.6. The molecule has 1 amide bonds. The monoisotopic (exact) mass is 276 g/mol. The molecular weight excluding hydrogens is 268 g/mol. The normalized spacial score (nSPS) is 10.2. The molecule has 0 spiro atoms. The SMILES string of the molecule is NC(=O)c1cnn(-c2ccc([N+](=O)[O-])c(C(=O)O)c2)c1. The summed E-state index contributed by atoms with van der Waals surface area (Å²) in [7, 11) is 0. The maximum absolute atomic E-state index is 11.0. The molecule has 2 rings (SSSR count). The van der Waals surface area contributed by atoms with E-state index >= 15 is 0 Å². The Bertz CT molecular complexity index is 721. The number of nitro groups is 1. The second-order valence-electron chi connectivity index (χ2n) is 3.80. The van der Waals surface area contributed by atoms with Gasteiger partial charge in [0.1, 0.15) is 5.56 Å². The smallest absolute Gasteiger partial charge is 0.342 e. The van der Waals surface area contributed by atoms with Crippen molar-refractivity contribution in [3.05, 3.63) is 51.8 Å². The lowest BCUT2D eigenvalue weighted by Gasteiger charge is -2.03. The molecule has 0 bridgehead atoms. The second-order valence-corrected chi connectivity index (χ2v) is 3.80. The first kappa shape index (κ1) is 13.2. The van der Waals surface area contributed by atoms with E-state index in [2.05, 4.69) is 5.10 Å². The molecule has 20 heavy (non-hydrogen) atoms. The summed E-state index contributed by atoms with van der Waals surface area (Å²) >= 11 is 0. The molecule has 0 saturated carbocycles. The van der Waals surface area contributed by atoms with Crippen molar-refractivity contribution in [1.29, 1.82) is 0 Å². The van der Waals surface area contributed by atoms with Gasteiger partial charge in [-0.05, 0) is 12.1 Å². The van der Waals surface area contributed by atoms with Gasteiger partial charge in [-0.3, -0.25) is 14.9 Å². The van der Waals surface area contributed by atoms with E-state index < -0.39 is 28.1 Å². The molecule has 0 atom stereocenters. The van der Waals surface area contributed by atoms with Crippen LogP contribution in [0.25, 0.3) is 5.69 Å². The molecule has 1 heterocycles. The van der Waals surface area contributed by atoms with Crippen molar-refractivity contribution in [2.75, 3.05) is 0 Å². The van der Waals surface area contributed by atoms with Crippen molar-refractivity contribution in [3.8, 4) is 5.69 Å². The number of carbonyl (C=O) groups is 2. The number of nitrogens with two attached hydrogens (primary N) is 1. The van der Waals surface area contributed by atoms with Crippen LogP contribution >= 0.6 is 0 Å². The average molecular weight is 276 g/mol. The zero-order valence-electron chi connectivity index (χ0n) is 9.89. The summed E-state index contributed by atoms with van der Waals surface area (Å²) in [6.07, 6.45) is 2.51.